The molecule has 0 saturated heterocycles. The van der Waals surface area contributed by atoms with Crippen LogP contribution >= 0.6 is 0 Å². The van der Waals surface area contributed by atoms with Gasteiger partial charge in [-0.3, -0.25) is 0 Å². The number of hydrogen-bond acceptors (Lipinski definition) is 4. The Hall–Kier alpha value is -1.16. The molecule has 0 bridgehead atoms. The fourth-order valence-electron chi connectivity index (χ4n) is 1.94. The van der Waals surface area contributed by atoms with E-state index < -0.39 is 0 Å². The van der Waals surface area contributed by atoms with E-state index in [1.165, 1.54) is 0 Å². The fourth-order valence-corrected chi connectivity index (χ4v) is 1.94. The maximum atomic E-state index is 5.94. The first-order valence-electron chi connectivity index (χ1n) is 5.48. The van der Waals surface area contributed by atoms with Crippen LogP contribution in [0.3, 0.4) is 0 Å². The minimum Gasteiger partial charge on any atom is -0.383 e. The second-order valence-corrected chi connectivity index (χ2v) is 4.55. The maximum absolute atomic E-state index is 5.94. The lowest BCUT2D eigenvalue weighted by atomic mass is 9.92. The molecule has 1 aromatic rings. The summed E-state index contributed by atoms with van der Waals surface area (Å²) < 4.78 is 0. The second-order valence-electron chi connectivity index (χ2n) is 4.55. The summed E-state index contributed by atoms with van der Waals surface area (Å²) in [5.41, 5.74) is 14.0. The molecule has 0 fully saturated rings. The Labute approximate surface area is 90.1 Å². The number of hydrogen-bond donors (Lipinski definition) is 2. The van der Waals surface area contributed by atoms with Crippen molar-refractivity contribution in [3.63, 3.8) is 0 Å². The standard InChI is InChI=1S/C11H18N4/c1-6(2)11-14-9-4-3-7(12)5-8(9)10(13)15-11/h6-7H,3-5,12H2,1-2H3,(H2,13,14,15). The molecule has 1 heterocycles. The lowest BCUT2D eigenvalue weighted by Gasteiger charge is -2.22. The van der Waals surface area contributed by atoms with Crippen LogP contribution in [0.5, 0.6) is 0 Å². The van der Waals surface area contributed by atoms with Crippen molar-refractivity contribution in [1.29, 1.82) is 0 Å². The van der Waals surface area contributed by atoms with Crippen LogP contribution in [0, 0.1) is 0 Å². The van der Waals surface area contributed by atoms with E-state index in [-0.39, 0.29) is 6.04 Å². The molecule has 1 aliphatic rings. The van der Waals surface area contributed by atoms with E-state index in [0.29, 0.717) is 11.7 Å². The van der Waals surface area contributed by atoms with Crippen LogP contribution in [0.25, 0.3) is 0 Å². The van der Waals surface area contributed by atoms with Crippen molar-refractivity contribution >= 4 is 5.82 Å². The summed E-state index contributed by atoms with van der Waals surface area (Å²) in [6, 6.07) is 0.216. The Morgan fingerprint density at radius 3 is 2.73 bits per heavy atom. The van der Waals surface area contributed by atoms with Crippen LogP contribution in [0.4, 0.5) is 5.82 Å². The molecule has 0 saturated carbocycles. The second kappa shape index (κ2) is 3.77. The topological polar surface area (TPSA) is 77.8 Å². The highest BCUT2D eigenvalue weighted by atomic mass is 15.0. The van der Waals surface area contributed by atoms with Crippen molar-refractivity contribution in [2.24, 2.45) is 5.73 Å². The minimum atomic E-state index is 0.216. The van der Waals surface area contributed by atoms with Gasteiger partial charge >= 0.3 is 0 Å². The zero-order valence-electron chi connectivity index (χ0n) is 9.33. The van der Waals surface area contributed by atoms with Crippen LogP contribution in [0.15, 0.2) is 0 Å². The molecule has 1 atom stereocenters. The van der Waals surface area contributed by atoms with E-state index in [9.17, 15) is 0 Å². The highest BCUT2D eigenvalue weighted by molar-refractivity contribution is 5.44. The number of nitrogens with two attached hydrogens (primary N) is 2. The highest BCUT2D eigenvalue weighted by Gasteiger charge is 2.21. The first-order chi connectivity index (χ1) is 7.08. The Balaban J connectivity index is 2.43. The zero-order valence-corrected chi connectivity index (χ0v) is 9.33. The van der Waals surface area contributed by atoms with Gasteiger partial charge in [0.2, 0.25) is 0 Å². The number of rotatable bonds is 1. The third kappa shape index (κ3) is 1.95. The fraction of sp³-hybridized carbons (Fsp3) is 0.636. The quantitative estimate of drug-likeness (QED) is 0.718. The molecule has 4 N–H and O–H groups in total. The molecule has 0 aromatic carbocycles. The Morgan fingerprint density at radius 1 is 1.33 bits per heavy atom. The summed E-state index contributed by atoms with van der Waals surface area (Å²) in [6.45, 7) is 4.16. The maximum Gasteiger partial charge on any atom is 0.133 e. The molecule has 15 heavy (non-hydrogen) atoms. The van der Waals surface area contributed by atoms with Crippen LogP contribution < -0.4 is 11.5 Å². The van der Waals surface area contributed by atoms with Crippen molar-refractivity contribution < 1.29 is 0 Å². The van der Waals surface area contributed by atoms with Gasteiger partial charge in [-0.15, -0.1) is 0 Å². The van der Waals surface area contributed by atoms with Gasteiger partial charge in [-0.25, -0.2) is 9.97 Å². The Morgan fingerprint density at radius 2 is 2.07 bits per heavy atom. The Kier molecular flexibility index (Phi) is 2.61. The number of aromatic nitrogens is 2. The molecule has 82 valence electrons. The van der Waals surface area contributed by atoms with Gasteiger partial charge in [-0.05, 0) is 19.3 Å². The largest absolute Gasteiger partial charge is 0.383 e. The lowest BCUT2D eigenvalue weighted by Crippen LogP contribution is -2.30. The van der Waals surface area contributed by atoms with Crippen LogP contribution in [-0.4, -0.2) is 16.0 Å². The molecule has 1 aromatic heterocycles. The van der Waals surface area contributed by atoms with Crippen LogP contribution in [0.1, 0.15) is 43.3 Å². The number of fused-ring (bicyclic) bond motifs is 1. The van der Waals surface area contributed by atoms with Crippen molar-refractivity contribution in [1.82, 2.24) is 9.97 Å². The van der Waals surface area contributed by atoms with Crippen LogP contribution in [0.2, 0.25) is 0 Å². The molecular weight excluding hydrogens is 188 g/mol. The van der Waals surface area contributed by atoms with Crippen molar-refractivity contribution in [2.45, 2.75) is 45.1 Å². The molecule has 0 amide bonds. The van der Waals surface area contributed by atoms with Crippen LogP contribution in [-0.2, 0) is 12.8 Å². The smallest absolute Gasteiger partial charge is 0.133 e. The molecule has 0 aliphatic heterocycles. The minimum absolute atomic E-state index is 0.216. The monoisotopic (exact) mass is 206 g/mol. The average Bonchev–Trinajstić information content (AvgIpc) is 2.18. The first kappa shape index (κ1) is 10.4. The summed E-state index contributed by atoms with van der Waals surface area (Å²) in [5, 5.41) is 0. The first-order valence-corrected chi connectivity index (χ1v) is 5.48. The van der Waals surface area contributed by atoms with E-state index in [4.69, 9.17) is 11.5 Å². The SMILES string of the molecule is CC(C)c1nc(N)c2c(n1)CCC(N)C2. The van der Waals surface area contributed by atoms with Crippen molar-refractivity contribution in [2.75, 3.05) is 5.73 Å². The molecule has 1 aliphatic carbocycles. The number of nitrogen functional groups attached to an aromatic ring is 1. The normalized spacial score (nSPS) is 20.4. The van der Waals surface area contributed by atoms with E-state index in [0.717, 1.165) is 36.3 Å². The molecular formula is C11H18N4. The van der Waals surface area contributed by atoms with E-state index >= 15 is 0 Å². The van der Waals surface area contributed by atoms with E-state index in [1.807, 2.05) is 0 Å². The number of anilines is 1. The number of aryl methyl sites for hydroxylation is 1. The van der Waals surface area contributed by atoms with Gasteiger partial charge in [0.25, 0.3) is 0 Å². The number of nitrogens with zero attached hydrogens (tertiary/aromatic N) is 2. The van der Waals surface area contributed by atoms with E-state index in [2.05, 4.69) is 23.8 Å². The van der Waals surface area contributed by atoms with Crippen molar-refractivity contribution in [3.05, 3.63) is 17.1 Å². The van der Waals surface area contributed by atoms with Gasteiger partial charge < -0.3 is 11.5 Å². The average molecular weight is 206 g/mol. The van der Waals surface area contributed by atoms with Gasteiger partial charge in [-0.2, -0.15) is 0 Å². The van der Waals surface area contributed by atoms with Gasteiger partial charge in [0.15, 0.2) is 0 Å². The molecule has 4 nitrogen and oxygen atoms in total. The van der Waals surface area contributed by atoms with Gasteiger partial charge in [0.05, 0.1) is 0 Å². The molecule has 0 spiro atoms. The summed E-state index contributed by atoms with van der Waals surface area (Å²) in [7, 11) is 0. The molecule has 2 rings (SSSR count). The van der Waals surface area contributed by atoms with Crippen molar-refractivity contribution in [3.8, 4) is 0 Å². The third-order valence-corrected chi connectivity index (χ3v) is 2.88. The third-order valence-electron chi connectivity index (χ3n) is 2.88. The molecule has 1 unspecified atom stereocenters. The predicted molar refractivity (Wildman–Crippen MR) is 60.5 cm³/mol. The summed E-state index contributed by atoms with van der Waals surface area (Å²) in [4.78, 5) is 8.89. The predicted octanol–water partition coefficient (Wildman–Crippen LogP) is 0.998. The summed E-state index contributed by atoms with van der Waals surface area (Å²) in [6.07, 6.45) is 2.75. The van der Waals surface area contributed by atoms with E-state index in [1.54, 1.807) is 0 Å². The lowest BCUT2D eigenvalue weighted by molar-refractivity contribution is 0.560. The molecule has 4 heteroatoms. The Bertz CT molecular complexity index is 373. The zero-order chi connectivity index (χ0) is 11.0. The van der Waals surface area contributed by atoms with Gasteiger partial charge in [0.1, 0.15) is 11.6 Å². The van der Waals surface area contributed by atoms with Gasteiger partial charge in [-0.1, -0.05) is 13.8 Å². The summed E-state index contributed by atoms with van der Waals surface area (Å²) >= 11 is 0. The summed E-state index contributed by atoms with van der Waals surface area (Å²) in [5.74, 6) is 1.80. The highest BCUT2D eigenvalue weighted by Crippen LogP contribution is 2.24. The van der Waals surface area contributed by atoms with Gasteiger partial charge in [0, 0.05) is 23.2 Å². The molecule has 0 radical (unpaired) electrons.